The summed E-state index contributed by atoms with van der Waals surface area (Å²) in [5, 5.41) is 41.7. The summed E-state index contributed by atoms with van der Waals surface area (Å²) in [6.07, 6.45) is -3.75. The first-order valence-corrected chi connectivity index (χ1v) is 7.59. The van der Waals surface area contributed by atoms with Gasteiger partial charge in [0.25, 0.3) is 5.91 Å². The smallest absolute Gasteiger partial charge is 0.548 e. The number of aliphatic hydroxyl groups excluding tert-OH is 3. The number of aliphatic hydroxyl groups is 3. The van der Waals surface area contributed by atoms with Gasteiger partial charge in [-0.05, 0) is 18.6 Å². The normalized spacial score (nSPS) is 14.5. The number of rotatable bonds is 7. The Kier molecular flexibility index (Phi) is 8.91. The maximum atomic E-state index is 11.8. The number of aliphatic carboxylic acids is 1. The van der Waals surface area contributed by atoms with Crippen molar-refractivity contribution in [3.63, 3.8) is 0 Å². The van der Waals surface area contributed by atoms with Crippen LogP contribution in [-0.4, -0.2) is 50.9 Å². The zero-order valence-electron chi connectivity index (χ0n) is 12.9. The van der Waals surface area contributed by atoms with E-state index in [4.69, 9.17) is 5.11 Å². The average Bonchev–Trinajstić information content (AvgIpc) is 2.96. The Morgan fingerprint density at radius 1 is 1.29 bits per heavy atom. The predicted octanol–water partition coefficient (Wildman–Crippen LogP) is -4.69. The van der Waals surface area contributed by atoms with Crippen molar-refractivity contribution in [2.24, 2.45) is 0 Å². The van der Waals surface area contributed by atoms with E-state index in [2.05, 4.69) is 4.98 Å². The molecule has 0 saturated heterocycles. The van der Waals surface area contributed by atoms with E-state index in [1.165, 1.54) is 0 Å². The Morgan fingerprint density at radius 3 is 2.54 bits per heavy atom. The van der Waals surface area contributed by atoms with E-state index >= 15 is 0 Å². The molecular formula is C14H15KN2O6S. The van der Waals surface area contributed by atoms with Crippen LogP contribution in [-0.2, 0) is 9.59 Å². The van der Waals surface area contributed by atoms with Gasteiger partial charge < -0.3 is 30.5 Å². The second kappa shape index (κ2) is 9.90. The summed E-state index contributed by atoms with van der Waals surface area (Å²) in [5.41, 5.74) is 0.618. The fraction of sp³-hybridized carbons (Fsp3) is 0.357. The van der Waals surface area contributed by atoms with Crippen LogP contribution >= 0.6 is 11.3 Å². The number of aromatic nitrogens is 1. The molecule has 4 N–H and O–H groups in total. The number of carboxylic acids is 1. The molecular weight excluding hydrogens is 363 g/mol. The number of fused-ring (bicyclic) bond motifs is 1. The number of nitrogens with zero attached hydrogens (tertiary/aromatic N) is 1. The van der Waals surface area contributed by atoms with Crippen LogP contribution in [0.5, 0.6) is 0 Å². The third-order valence-electron chi connectivity index (χ3n) is 3.15. The summed E-state index contributed by atoms with van der Waals surface area (Å²) in [6.45, 7) is -0.477. The third-order valence-corrected chi connectivity index (χ3v) is 4.26. The van der Waals surface area contributed by atoms with Crippen molar-refractivity contribution in [1.29, 1.82) is 0 Å². The van der Waals surface area contributed by atoms with Crippen LogP contribution in [0.4, 0.5) is 0 Å². The molecule has 2 aromatic rings. The zero-order valence-corrected chi connectivity index (χ0v) is 16.8. The molecule has 0 radical (unpaired) electrons. The molecule has 0 spiro atoms. The minimum absolute atomic E-state index is 0. The molecule has 10 heteroatoms. The molecule has 0 aliphatic rings. The first-order valence-electron chi connectivity index (χ1n) is 6.77. The Hall–Kier alpha value is -0.434. The second-order valence-electron chi connectivity index (χ2n) is 4.80. The number of hydrogen-bond acceptors (Lipinski definition) is 8. The first kappa shape index (κ1) is 21.6. The van der Waals surface area contributed by atoms with Gasteiger partial charge in [-0.1, -0.05) is 12.1 Å². The quantitative estimate of drug-likeness (QED) is 0.355. The number of carbonyl (C=O) groups is 2. The molecule has 2 rings (SSSR count). The van der Waals surface area contributed by atoms with Crippen molar-refractivity contribution in [2.75, 3.05) is 6.61 Å². The Morgan fingerprint density at radius 2 is 1.96 bits per heavy atom. The summed E-state index contributed by atoms with van der Waals surface area (Å²) in [5.74, 6) is -2.67. The molecule has 3 atom stereocenters. The maximum Gasteiger partial charge on any atom is 1.00 e. The predicted molar refractivity (Wildman–Crippen MR) is 79.2 cm³/mol. The van der Waals surface area contributed by atoms with Gasteiger partial charge in [-0.3, -0.25) is 4.79 Å². The maximum absolute atomic E-state index is 11.8. The molecule has 0 aliphatic heterocycles. The van der Waals surface area contributed by atoms with Crippen LogP contribution in [0.2, 0.25) is 0 Å². The number of carbonyl (C=O) groups excluding carboxylic acids is 2. The molecule has 1 aromatic carbocycles. The molecule has 0 bridgehead atoms. The van der Waals surface area contributed by atoms with E-state index < -0.39 is 36.7 Å². The summed E-state index contributed by atoms with van der Waals surface area (Å²) in [6, 6.07) is 5.61. The molecule has 1 amide bonds. The minimum Gasteiger partial charge on any atom is -0.548 e. The van der Waals surface area contributed by atoms with Gasteiger partial charge in [-0.15, -0.1) is 11.3 Å². The van der Waals surface area contributed by atoms with Crippen LogP contribution in [0.1, 0.15) is 17.5 Å². The molecule has 1 heterocycles. The first-order chi connectivity index (χ1) is 10.9. The Labute approximate surface area is 184 Å². The van der Waals surface area contributed by atoms with Gasteiger partial charge in [0.1, 0.15) is 11.1 Å². The Bertz CT molecular complexity index is 676. The number of amides is 1. The zero-order chi connectivity index (χ0) is 17.0. The minimum atomic E-state index is -1.89. The van der Waals surface area contributed by atoms with Crippen LogP contribution in [0.15, 0.2) is 24.3 Å². The number of thiazole rings is 1. The van der Waals surface area contributed by atoms with Crippen LogP contribution in [0, 0.1) is 0 Å². The largest absolute Gasteiger partial charge is 1.00 e. The fourth-order valence-corrected chi connectivity index (χ4v) is 2.91. The Balaban J connectivity index is 0.00000288. The molecule has 24 heavy (non-hydrogen) atoms. The molecule has 1 aromatic heterocycles. The molecule has 2 unspecified atom stereocenters. The molecule has 0 saturated carbocycles. The van der Waals surface area contributed by atoms with Crippen LogP contribution in [0.3, 0.4) is 0 Å². The average molecular weight is 378 g/mol. The second-order valence-corrected chi connectivity index (χ2v) is 5.86. The monoisotopic (exact) mass is 378 g/mol. The van der Waals surface area contributed by atoms with Gasteiger partial charge in [-0.25, -0.2) is 4.98 Å². The molecule has 8 nitrogen and oxygen atoms in total. The topological polar surface area (TPSA) is 143 Å². The third kappa shape index (κ3) is 5.28. The van der Waals surface area contributed by atoms with Gasteiger partial charge in [0.15, 0.2) is 6.10 Å². The summed E-state index contributed by atoms with van der Waals surface area (Å²) >= 11 is 1.12. The molecule has 124 valence electrons. The van der Waals surface area contributed by atoms with Crippen LogP contribution in [0.25, 0.3) is 10.2 Å². The number of carboxylic acid groups (broad SMARTS) is 1. The van der Waals surface area contributed by atoms with Gasteiger partial charge in [0.2, 0.25) is 0 Å². The number of para-hydroxylation sites is 1. The van der Waals surface area contributed by atoms with Gasteiger partial charge in [-0.2, -0.15) is 0 Å². The number of benzene rings is 1. The van der Waals surface area contributed by atoms with Gasteiger partial charge in [0, 0.05) is 6.61 Å². The SMILES string of the molecule is O=C(N[C@@H](CCO)C(=O)[O-])C(O)C(O)c1nc2ccccc2s1.[K+]. The van der Waals surface area contributed by atoms with Crippen molar-refractivity contribution in [1.82, 2.24) is 10.3 Å². The van der Waals surface area contributed by atoms with Crippen molar-refractivity contribution in [3.8, 4) is 0 Å². The van der Waals surface area contributed by atoms with E-state index in [0.717, 1.165) is 16.0 Å². The summed E-state index contributed by atoms with van der Waals surface area (Å²) < 4.78 is 0.780. The summed E-state index contributed by atoms with van der Waals surface area (Å²) in [7, 11) is 0. The van der Waals surface area contributed by atoms with E-state index in [0.29, 0.717) is 5.52 Å². The van der Waals surface area contributed by atoms with E-state index in [9.17, 15) is 24.9 Å². The summed E-state index contributed by atoms with van der Waals surface area (Å²) in [4.78, 5) is 26.8. The van der Waals surface area contributed by atoms with Crippen molar-refractivity contribution < 1.29 is 81.4 Å². The van der Waals surface area contributed by atoms with Gasteiger partial charge in [0.05, 0.1) is 22.2 Å². The van der Waals surface area contributed by atoms with E-state index in [1.54, 1.807) is 24.3 Å². The van der Waals surface area contributed by atoms with E-state index in [1.807, 2.05) is 5.32 Å². The van der Waals surface area contributed by atoms with Gasteiger partial charge >= 0.3 is 51.4 Å². The fourth-order valence-electron chi connectivity index (χ4n) is 1.93. The van der Waals surface area contributed by atoms with Crippen molar-refractivity contribution in [3.05, 3.63) is 29.3 Å². The molecule has 0 fully saturated rings. The standard InChI is InChI=1S/C14H16N2O6S.K/c17-6-5-8(14(21)22)15-12(20)10(18)11(19)13-16-7-3-1-2-4-9(7)23-13;/h1-4,8,10-11,17-19H,5-6H2,(H,15,20)(H,21,22);/q;+1/p-1/t8-,10?,11?;/m0./s1. The van der Waals surface area contributed by atoms with E-state index in [-0.39, 0.29) is 62.8 Å². The van der Waals surface area contributed by atoms with Crippen LogP contribution < -0.4 is 61.8 Å². The van der Waals surface area contributed by atoms with Crippen molar-refractivity contribution in [2.45, 2.75) is 24.7 Å². The molecule has 0 aliphatic carbocycles. The number of hydrogen-bond donors (Lipinski definition) is 4. The van der Waals surface area contributed by atoms with Crippen molar-refractivity contribution >= 4 is 33.4 Å². The number of nitrogens with one attached hydrogen (secondary N) is 1.